The van der Waals surface area contributed by atoms with Gasteiger partial charge in [-0.05, 0) is 25.3 Å². The van der Waals surface area contributed by atoms with Crippen LogP contribution in [-0.2, 0) is 6.54 Å². The first-order valence-corrected chi connectivity index (χ1v) is 5.76. The van der Waals surface area contributed by atoms with Crippen LogP contribution in [0.1, 0.15) is 45.7 Å². The lowest BCUT2D eigenvalue weighted by molar-refractivity contribution is 0.286. The molecule has 0 aromatic carbocycles. The SMILES string of the molecule is CCC(CC)(CC)NCc1ccncn1. The standard InChI is InChI=1S/C12H21N3/c1-4-12(5-2,6-3)15-9-11-7-8-13-10-14-11/h7-8,10,15H,4-6,9H2,1-3H3. The van der Waals surface area contributed by atoms with E-state index in [4.69, 9.17) is 0 Å². The molecule has 0 aliphatic carbocycles. The Bertz CT molecular complexity index is 259. The van der Waals surface area contributed by atoms with Crippen LogP contribution in [0.25, 0.3) is 0 Å². The first kappa shape index (κ1) is 12.1. The van der Waals surface area contributed by atoms with Crippen LogP contribution in [0.2, 0.25) is 0 Å². The molecule has 15 heavy (non-hydrogen) atoms. The molecule has 1 rings (SSSR count). The Kier molecular flexibility index (Phi) is 4.69. The molecular formula is C12H21N3. The second-order valence-electron chi connectivity index (χ2n) is 3.90. The van der Waals surface area contributed by atoms with Gasteiger partial charge in [0.1, 0.15) is 6.33 Å². The van der Waals surface area contributed by atoms with Crippen molar-refractivity contribution in [2.75, 3.05) is 0 Å². The van der Waals surface area contributed by atoms with Gasteiger partial charge in [0.05, 0.1) is 5.69 Å². The van der Waals surface area contributed by atoms with Crippen molar-refractivity contribution >= 4 is 0 Å². The lowest BCUT2D eigenvalue weighted by Gasteiger charge is -2.31. The van der Waals surface area contributed by atoms with E-state index in [0.29, 0.717) is 0 Å². The first-order chi connectivity index (χ1) is 7.26. The monoisotopic (exact) mass is 207 g/mol. The van der Waals surface area contributed by atoms with Crippen molar-refractivity contribution in [3.63, 3.8) is 0 Å². The van der Waals surface area contributed by atoms with Crippen LogP contribution in [-0.4, -0.2) is 15.5 Å². The first-order valence-electron chi connectivity index (χ1n) is 5.76. The fourth-order valence-corrected chi connectivity index (χ4v) is 1.83. The van der Waals surface area contributed by atoms with Gasteiger partial charge in [0.2, 0.25) is 0 Å². The lowest BCUT2D eigenvalue weighted by Crippen LogP contribution is -2.43. The Morgan fingerprint density at radius 2 is 1.87 bits per heavy atom. The molecule has 0 bridgehead atoms. The van der Waals surface area contributed by atoms with Crippen LogP contribution in [0.15, 0.2) is 18.6 Å². The largest absolute Gasteiger partial charge is 0.306 e. The summed E-state index contributed by atoms with van der Waals surface area (Å²) < 4.78 is 0. The Morgan fingerprint density at radius 1 is 1.20 bits per heavy atom. The third kappa shape index (κ3) is 3.27. The number of hydrogen-bond donors (Lipinski definition) is 1. The van der Waals surface area contributed by atoms with Gasteiger partial charge in [-0.2, -0.15) is 0 Å². The minimum atomic E-state index is 0.269. The number of rotatable bonds is 6. The van der Waals surface area contributed by atoms with E-state index in [0.717, 1.165) is 31.5 Å². The van der Waals surface area contributed by atoms with Gasteiger partial charge in [0.25, 0.3) is 0 Å². The van der Waals surface area contributed by atoms with Gasteiger partial charge < -0.3 is 5.32 Å². The van der Waals surface area contributed by atoms with Crippen molar-refractivity contribution in [3.05, 3.63) is 24.3 Å². The van der Waals surface area contributed by atoms with Crippen molar-refractivity contribution < 1.29 is 0 Å². The van der Waals surface area contributed by atoms with E-state index in [1.807, 2.05) is 6.07 Å². The van der Waals surface area contributed by atoms with Crippen molar-refractivity contribution in [3.8, 4) is 0 Å². The molecule has 0 saturated carbocycles. The fourth-order valence-electron chi connectivity index (χ4n) is 1.83. The lowest BCUT2D eigenvalue weighted by atomic mass is 9.90. The van der Waals surface area contributed by atoms with Crippen LogP contribution in [0.4, 0.5) is 0 Å². The molecule has 0 amide bonds. The van der Waals surface area contributed by atoms with E-state index in [2.05, 4.69) is 36.1 Å². The van der Waals surface area contributed by atoms with E-state index < -0.39 is 0 Å². The van der Waals surface area contributed by atoms with E-state index in [9.17, 15) is 0 Å². The van der Waals surface area contributed by atoms with Crippen molar-refractivity contribution in [2.45, 2.75) is 52.1 Å². The molecule has 0 atom stereocenters. The minimum Gasteiger partial charge on any atom is -0.306 e. The average Bonchev–Trinajstić information content (AvgIpc) is 2.33. The Morgan fingerprint density at radius 3 is 2.33 bits per heavy atom. The van der Waals surface area contributed by atoms with Crippen LogP contribution < -0.4 is 5.32 Å². The zero-order chi connectivity index (χ0) is 11.1. The van der Waals surface area contributed by atoms with Gasteiger partial charge in [-0.1, -0.05) is 20.8 Å². The third-order valence-corrected chi connectivity index (χ3v) is 3.32. The summed E-state index contributed by atoms with van der Waals surface area (Å²) in [5.74, 6) is 0. The summed E-state index contributed by atoms with van der Waals surface area (Å²) >= 11 is 0. The molecule has 1 aromatic rings. The Hall–Kier alpha value is -0.960. The predicted molar refractivity (Wildman–Crippen MR) is 62.5 cm³/mol. The zero-order valence-electron chi connectivity index (χ0n) is 9.95. The highest BCUT2D eigenvalue weighted by atomic mass is 15.0. The third-order valence-electron chi connectivity index (χ3n) is 3.32. The maximum Gasteiger partial charge on any atom is 0.115 e. The van der Waals surface area contributed by atoms with Crippen molar-refractivity contribution in [1.82, 2.24) is 15.3 Å². The Labute approximate surface area is 92.3 Å². The van der Waals surface area contributed by atoms with Crippen molar-refractivity contribution in [1.29, 1.82) is 0 Å². The highest BCUT2D eigenvalue weighted by Crippen LogP contribution is 2.19. The molecule has 84 valence electrons. The zero-order valence-corrected chi connectivity index (χ0v) is 9.95. The van der Waals surface area contributed by atoms with Gasteiger partial charge in [0.15, 0.2) is 0 Å². The predicted octanol–water partition coefficient (Wildman–Crippen LogP) is 2.54. The van der Waals surface area contributed by atoms with Gasteiger partial charge in [-0.25, -0.2) is 9.97 Å². The molecule has 1 aromatic heterocycles. The van der Waals surface area contributed by atoms with Crippen LogP contribution >= 0.6 is 0 Å². The summed E-state index contributed by atoms with van der Waals surface area (Å²) in [5.41, 5.74) is 1.33. The second kappa shape index (κ2) is 5.81. The molecule has 0 unspecified atom stereocenters. The molecule has 0 aliphatic heterocycles. The van der Waals surface area contributed by atoms with Crippen LogP contribution in [0, 0.1) is 0 Å². The molecule has 0 aliphatic rings. The average molecular weight is 207 g/mol. The second-order valence-corrected chi connectivity index (χ2v) is 3.90. The summed E-state index contributed by atoms with van der Waals surface area (Å²) in [6, 6.07) is 1.96. The summed E-state index contributed by atoms with van der Waals surface area (Å²) in [5, 5.41) is 3.61. The number of hydrogen-bond acceptors (Lipinski definition) is 3. The highest BCUT2D eigenvalue weighted by Gasteiger charge is 2.22. The molecule has 1 N–H and O–H groups in total. The van der Waals surface area contributed by atoms with Crippen LogP contribution in [0.5, 0.6) is 0 Å². The van der Waals surface area contributed by atoms with Gasteiger partial charge in [-0.15, -0.1) is 0 Å². The Balaban J connectivity index is 2.54. The molecule has 0 spiro atoms. The number of nitrogens with one attached hydrogen (secondary N) is 1. The van der Waals surface area contributed by atoms with Gasteiger partial charge in [-0.3, -0.25) is 0 Å². The minimum absolute atomic E-state index is 0.269. The number of aromatic nitrogens is 2. The molecule has 3 nitrogen and oxygen atoms in total. The van der Waals surface area contributed by atoms with E-state index in [1.54, 1.807) is 12.5 Å². The molecule has 0 saturated heterocycles. The molecule has 0 fully saturated rings. The molecule has 3 heteroatoms. The molecule has 0 radical (unpaired) electrons. The number of nitrogens with zero attached hydrogens (tertiary/aromatic N) is 2. The molecular weight excluding hydrogens is 186 g/mol. The van der Waals surface area contributed by atoms with Gasteiger partial charge >= 0.3 is 0 Å². The van der Waals surface area contributed by atoms with E-state index in [-0.39, 0.29) is 5.54 Å². The maximum absolute atomic E-state index is 4.21. The molecule has 1 heterocycles. The summed E-state index contributed by atoms with van der Waals surface area (Å²) in [4.78, 5) is 8.12. The van der Waals surface area contributed by atoms with Crippen LogP contribution in [0.3, 0.4) is 0 Å². The van der Waals surface area contributed by atoms with Crippen molar-refractivity contribution in [2.24, 2.45) is 0 Å². The topological polar surface area (TPSA) is 37.8 Å². The van der Waals surface area contributed by atoms with E-state index in [1.165, 1.54) is 0 Å². The van der Waals surface area contributed by atoms with E-state index >= 15 is 0 Å². The summed E-state index contributed by atoms with van der Waals surface area (Å²) in [6.07, 6.45) is 6.86. The smallest absolute Gasteiger partial charge is 0.115 e. The fraction of sp³-hybridized carbons (Fsp3) is 0.667. The maximum atomic E-state index is 4.21. The normalized spacial score (nSPS) is 11.7. The van der Waals surface area contributed by atoms with Gasteiger partial charge in [0, 0.05) is 18.3 Å². The highest BCUT2D eigenvalue weighted by molar-refractivity contribution is 4.99. The quantitative estimate of drug-likeness (QED) is 0.779. The summed E-state index contributed by atoms with van der Waals surface area (Å²) in [6.45, 7) is 7.54. The summed E-state index contributed by atoms with van der Waals surface area (Å²) in [7, 11) is 0.